The first-order valence-corrected chi connectivity index (χ1v) is 7.32. The average Bonchev–Trinajstić information content (AvgIpc) is 2.77. The zero-order chi connectivity index (χ0) is 14.5. The third-order valence-electron chi connectivity index (χ3n) is 3.88. The lowest BCUT2D eigenvalue weighted by molar-refractivity contribution is 0.0814. The van der Waals surface area contributed by atoms with Crippen molar-refractivity contribution in [1.29, 1.82) is 0 Å². The molecule has 0 saturated carbocycles. The zero-order valence-electron chi connectivity index (χ0n) is 12.3. The second kappa shape index (κ2) is 6.90. The highest BCUT2D eigenvalue weighted by molar-refractivity contribution is 5.91. The molecule has 0 spiro atoms. The Kier molecular flexibility index (Phi) is 5.20. The summed E-state index contributed by atoms with van der Waals surface area (Å²) in [7, 11) is 0. The van der Waals surface area contributed by atoms with Crippen molar-refractivity contribution in [3.63, 3.8) is 0 Å². The number of aliphatic hydroxyl groups is 1. The summed E-state index contributed by atoms with van der Waals surface area (Å²) in [5.74, 6) is 1.04. The van der Waals surface area contributed by atoms with Gasteiger partial charge in [0.25, 0.3) is 5.91 Å². The summed E-state index contributed by atoms with van der Waals surface area (Å²) in [6.07, 6.45) is 2.51. The number of likely N-dealkylation sites (tertiary alicyclic amines) is 1. The predicted molar refractivity (Wildman–Crippen MR) is 76.8 cm³/mol. The van der Waals surface area contributed by atoms with Crippen molar-refractivity contribution in [2.75, 3.05) is 26.2 Å². The van der Waals surface area contributed by atoms with Gasteiger partial charge in [-0.2, -0.15) is 0 Å². The van der Waals surface area contributed by atoms with E-state index in [0.29, 0.717) is 12.3 Å². The number of piperidine rings is 1. The Bertz CT molecular complexity index is 428. The van der Waals surface area contributed by atoms with E-state index in [1.165, 1.54) is 0 Å². The van der Waals surface area contributed by atoms with Crippen LogP contribution in [0, 0.1) is 13.8 Å². The maximum Gasteiger partial charge on any atom is 0.287 e. The average molecular weight is 280 g/mol. The van der Waals surface area contributed by atoms with Crippen LogP contribution < -0.4 is 5.32 Å². The topological polar surface area (TPSA) is 65.7 Å². The van der Waals surface area contributed by atoms with E-state index in [-0.39, 0.29) is 12.0 Å². The van der Waals surface area contributed by atoms with Crippen LogP contribution in [0.4, 0.5) is 0 Å². The second-order valence-electron chi connectivity index (χ2n) is 5.53. The van der Waals surface area contributed by atoms with Crippen LogP contribution in [0.3, 0.4) is 0 Å². The van der Waals surface area contributed by atoms with E-state index < -0.39 is 0 Å². The largest absolute Gasteiger partial charge is 0.456 e. The van der Waals surface area contributed by atoms with E-state index in [4.69, 9.17) is 4.42 Å². The summed E-state index contributed by atoms with van der Waals surface area (Å²) in [4.78, 5) is 14.2. The lowest BCUT2D eigenvalue weighted by Gasteiger charge is -2.29. The lowest BCUT2D eigenvalue weighted by Crippen LogP contribution is -2.37. The maximum atomic E-state index is 11.9. The van der Waals surface area contributed by atoms with Crippen molar-refractivity contribution in [2.45, 2.75) is 39.2 Å². The number of rotatable bonds is 5. The molecule has 1 aromatic heterocycles. The number of carbonyl (C=O) groups excluding carboxylic acids is 1. The first kappa shape index (κ1) is 15.1. The maximum absolute atomic E-state index is 11.9. The van der Waals surface area contributed by atoms with E-state index in [1.807, 2.05) is 13.8 Å². The Morgan fingerprint density at radius 3 is 2.75 bits per heavy atom. The van der Waals surface area contributed by atoms with E-state index >= 15 is 0 Å². The summed E-state index contributed by atoms with van der Waals surface area (Å²) in [5.41, 5.74) is 1.00. The molecule has 112 valence electrons. The number of carbonyl (C=O) groups is 1. The van der Waals surface area contributed by atoms with Gasteiger partial charge in [0.15, 0.2) is 5.76 Å². The Labute approximate surface area is 119 Å². The van der Waals surface area contributed by atoms with Gasteiger partial charge in [0.05, 0.1) is 6.10 Å². The molecule has 1 aliphatic rings. The van der Waals surface area contributed by atoms with Gasteiger partial charge in [-0.05, 0) is 51.3 Å². The third kappa shape index (κ3) is 4.08. The first-order chi connectivity index (χ1) is 9.56. The fourth-order valence-electron chi connectivity index (χ4n) is 2.42. The molecule has 0 bridgehead atoms. The fraction of sp³-hybridized carbons (Fsp3) is 0.667. The van der Waals surface area contributed by atoms with Crippen LogP contribution in [-0.4, -0.2) is 48.2 Å². The van der Waals surface area contributed by atoms with E-state index in [0.717, 1.165) is 50.2 Å². The Morgan fingerprint density at radius 2 is 2.15 bits per heavy atom. The van der Waals surface area contributed by atoms with Crippen molar-refractivity contribution in [3.05, 3.63) is 23.2 Å². The highest BCUT2D eigenvalue weighted by atomic mass is 16.3. The van der Waals surface area contributed by atoms with Crippen LogP contribution in [0.1, 0.15) is 41.1 Å². The standard InChI is InChI=1S/C15H24N2O3/c1-11-10-14(20-12(11)2)15(19)16-6-3-7-17-8-4-13(18)5-9-17/h10,13,18H,3-9H2,1-2H3,(H,16,19). The van der Waals surface area contributed by atoms with E-state index in [1.54, 1.807) is 6.07 Å². The van der Waals surface area contributed by atoms with Gasteiger partial charge in [0.1, 0.15) is 5.76 Å². The summed E-state index contributed by atoms with van der Waals surface area (Å²) in [5, 5.41) is 12.3. The molecule has 2 rings (SSSR count). The lowest BCUT2D eigenvalue weighted by atomic mass is 10.1. The molecule has 5 nitrogen and oxygen atoms in total. The van der Waals surface area contributed by atoms with Gasteiger partial charge in [-0.25, -0.2) is 0 Å². The molecule has 1 aromatic rings. The van der Waals surface area contributed by atoms with Gasteiger partial charge in [-0.3, -0.25) is 4.79 Å². The van der Waals surface area contributed by atoms with E-state index in [9.17, 15) is 9.90 Å². The fourth-order valence-corrected chi connectivity index (χ4v) is 2.42. The quantitative estimate of drug-likeness (QED) is 0.802. The Balaban J connectivity index is 1.64. The highest BCUT2D eigenvalue weighted by Crippen LogP contribution is 2.13. The van der Waals surface area contributed by atoms with Crippen LogP contribution in [0.2, 0.25) is 0 Å². The number of nitrogens with one attached hydrogen (secondary N) is 1. The molecule has 2 N–H and O–H groups in total. The minimum Gasteiger partial charge on any atom is -0.456 e. The number of aliphatic hydroxyl groups excluding tert-OH is 1. The molecule has 1 saturated heterocycles. The van der Waals surface area contributed by atoms with Gasteiger partial charge in [-0.1, -0.05) is 0 Å². The number of furan rings is 1. The molecule has 20 heavy (non-hydrogen) atoms. The number of nitrogens with zero attached hydrogens (tertiary/aromatic N) is 1. The van der Waals surface area contributed by atoms with Crippen molar-refractivity contribution < 1.29 is 14.3 Å². The van der Waals surface area contributed by atoms with Crippen LogP contribution in [0.5, 0.6) is 0 Å². The van der Waals surface area contributed by atoms with Crippen molar-refractivity contribution in [3.8, 4) is 0 Å². The number of aryl methyl sites for hydroxylation is 2. The van der Waals surface area contributed by atoms with Gasteiger partial charge >= 0.3 is 0 Å². The highest BCUT2D eigenvalue weighted by Gasteiger charge is 2.16. The number of amides is 1. The SMILES string of the molecule is Cc1cc(C(=O)NCCCN2CCC(O)CC2)oc1C. The van der Waals surface area contributed by atoms with Crippen LogP contribution in [-0.2, 0) is 0 Å². The molecule has 2 heterocycles. The first-order valence-electron chi connectivity index (χ1n) is 7.32. The van der Waals surface area contributed by atoms with Gasteiger partial charge in [-0.15, -0.1) is 0 Å². The Hall–Kier alpha value is -1.33. The summed E-state index contributed by atoms with van der Waals surface area (Å²) < 4.78 is 5.38. The monoisotopic (exact) mass is 280 g/mol. The van der Waals surface area contributed by atoms with Gasteiger partial charge < -0.3 is 19.7 Å². The molecule has 0 aliphatic carbocycles. The summed E-state index contributed by atoms with van der Waals surface area (Å²) >= 11 is 0. The molecule has 5 heteroatoms. The van der Waals surface area contributed by atoms with Gasteiger partial charge in [0, 0.05) is 19.6 Å². The summed E-state index contributed by atoms with van der Waals surface area (Å²) in [6, 6.07) is 1.77. The number of hydrogen-bond acceptors (Lipinski definition) is 4. The summed E-state index contributed by atoms with van der Waals surface area (Å²) in [6.45, 7) is 7.30. The molecular weight excluding hydrogens is 256 g/mol. The predicted octanol–water partition coefficient (Wildman–Crippen LogP) is 1.47. The third-order valence-corrected chi connectivity index (χ3v) is 3.88. The minimum absolute atomic E-state index is 0.128. The molecule has 1 aliphatic heterocycles. The van der Waals surface area contributed by atoms with Crippen LogP contribution in [0.25, 0.3) is 0 Å². The molecule has 1 amide bonds. The van der Waals surface area contributed by atoms with Gasteiger partial charge in [0.2, 0.25) is 0 Å². The molecule has 0 aromatic carbocycles. The molecule has 0 atom stereocenters. The van der Waals surface area contributed by atoms with E-state index in [2.05, 4.69) is 10.2 Å². The smallest absolute Gasteiger partial charge is 0.287 e. The number of hydrogen-bond donors (Lipinski definition) is 2. The normalized spacial score (nSPS) is 17.4. The zero-order valence-corrected chi connectivity index (χ0v) is 12.3. The van der Waals surface area contributed by atoms with Crippen molar-refractivity contribution in [2.24, 2.45) is 0 Å². The second-order valence-corrected chi connectivity index (χ2v) is 5.53. The minimum atomic E-state index is -0.143. The molecule has 0 radical (unpaired) electrons. The molecular formula is C15H24N2O3. The Morgan fingerprint density at radius 1 is 1.45 bits per heavy atom. The van der Waals surface area contributed by atoms with Crippen LogP contribution >= 0.6 is 0 Å². The van der Waals surface area contributed by atoms with Crippen LogP contribution in [0.15, 0.2) is 10.5 Å². The van der Waals surface area contributed by atoms with Crippen molar-refractivity contribution >= 4 is 5.91 Å². The van der Waals surface area contributed by atoms with Crippen molar-refractivity contribution in [1.82, 2.24) is 10.2 Å². The molecule has 1 fully saturated rings. The molecule has 0 unspecified atom stereocenters.